The van der Waals surface area contributed by atoms with Gasteiger partial charge in [-0.05, 0) is 26.0 Å². The van der Waals surface area contributed by atoms with E-state index in [1.807, 2.05) is 19.9 Å². The molecule has 0 unspecified atom stereocenters. The lowest BCUT2D eigenvalue weighted by Crippen LogP contribution is -2.25. The van der Waals surface area contributed by atoms with E-state index < -0.39 is 0 Å². The number of hydrogen-bond acceptors (Lipinski definition) is 3. The van der Waals surface area contributed by atoms with E-state index in [4.69, 9.17) is 9.47 Å². The Bertz CT molecular complexity index is 345. The predicted octanol–water partition coefficient (Wildman–Crippen LogP) is 2.69. The Hall–Kier alpha value is -1.35. The van der Waals surface area contributed by atoms with Crippen molar-refractivity contribution >= 4 is 6.29 Å². The van der Waals surface area contributed by atoms with Gasteiger partial charge in [0.1, 0.15) is 12.0 Å². The van der Waals surface area contributed by atoms with Gasteiger partial charge in [-0.25, -0.2) is 0 Å². The van der Waals surface area contributed by atoms with Crippen LogP contribution in [0.3, 0.4) is 0 Å². The number of benzene rings is 1. The van der Waals surface area contributed by atoms with Crippen LogP contribution in [0.5, 0.6) is 5.75 Å². The van der Waals surface area contributed by atoms with Gasteiger partial charge in [-0.15, -0.1) is 0 Å². The molecule has 0 atom stereocenters. The molecule has 3 nitrogen and oxygen atoms in total. The Balaban J connectivity index is 2.45. The highest BCUT2D eigenvalue weighted by molar-refractivity contribution is 5.75. The molecule has 0 aliphatic carbocycles. The lowest BCUT2D eigenvalue weighted by molar-refractivity contribution is 0.00545. The summed E-state index contributed by atoms with van der Waals surface area (Å²) in [6.45, 7) is 4.60. The minimum absolute atomic E-state index is 0.178. The zero-order valence-electron chi connectivity index (χ0n) is 10.0. The molecular weight excluding hydrogens is 204 g/mol. The van der Waals surface area contributed by atoms with Crippen molar-refractivity contribution in [3.63, 3.8) is 0 Å². The molecule has 0 aromatic heterocycles. The summed E-state index contributed by atoms with van der Waals surface area (Å²) in [5, 5.41) is 0. The molecule has 0 N–H and O–H groups in total. The Kier molecular flexibility index (Phi) is 4.50. The van der Waals surface area contributed by atoms with Crippen LogP contribution in [0, 0.1) is 0 Å². The van der Waals surface area contributed by atoms with Crippen molar-refractivity contribution in [2.45, 2.75) is 25.9 Å². The van der Waals surface area contributed by atoms with E-state index in [9.17, 15) is 4.79 Å². The first kappa shape index (κ1) is 12.7. The Morgan fingerprint density at radius 1 is 1.38 bits per heavy atom. The number of aldehydes is 1. The fraction of sp³-hybridized carbons (Fsp3) is 0.462. The number of methoxy groups -OCH3 is 1. The number of carbonyl (C=O) groups is 1. The summed E-state index contributed by atoms with van der Waals surface area (Å²) in [6.07, 6.45) is 1.61. The van der Waals surface area contributed by atoms with Crippen molar-refractivity contribution in [3.05, 3.63) is 29.8 Å². The van der Waals surface area contributed by atoms with Crippen LogP contribution in [0.25, 0.3) is 0 Å². The molecular formula is C13H18O3. The predicted molar refractivity (Wildman–Crippen MR) is 63.0 cm³/mol. The van der Waals surface area contributed by atoms with E-state index in [1.165, 1.54) is 0 Å². The Morgan fingerprint density at radius 3 is 2.75 bits per heavy atom. The summed E-state index contributed by atoms with van der Waals surface area (Å²) in [5.41, 5.74) is 0.450. The Labute approximate surface area is 96.4 Å². The largest absolute Gasteiger partial charge is 0.493 e. The highest BCUT2D eigenvalue weighted by Crippen LogP contribution is 2.16. The number of ether oxygens (including phenoxy) is 2. The quantitative estimate of drug-likeness (QED) is 0.694. The van der Waals surface area contributed by atoms with Crippen molar-refractivity contribution < 1.29 is 14.3 Å². The second kappa shape index (κ2) is 5.66. The van der Waals surface area contributed by atoms with Crippen LogP contribution in [-0.4, -0.2) is 25.6 Å². The summed E-state index contributed by atoms with van der Waals surface area (Å²) >= 11 is 0. The second-order valence-electron chi connectivity index (χ2n) is 4.25. The molecule has 0 aliphatic heterocycles. The van der Waals surface area contributed by atoms with E-state index in [0.29, 0.717) is 12.2 Å². The summed E-state index contributed by atoms with van der Waals surface area (Å²) in [6, 6.07) is 7.12. The van der Waals surface area contributed by atoms with Crippen molar-refractivity contribution in [3.8, 4) is 5.75 Å². The topological polar surface area (TPSA) is 35.5 Å². The Morgan fingerprint density at radius 2 is 2.12 bits per heavy atom. The summed E-state index contributed by atoms with van der Waals surface area (Å²) in [4.78, 5) is 10.6. The molecule has 0 heterocycles. The van der Waals surface area contributed by atoms with Gasteiger partial charge in [-0.2, -0.15) is 0 Å². The molecule has 0 spiro atoms. The van der Waals surface area contributed by atoms with E-state index >= 15 is 0 Å². The van der Waals surface area contributed by atoms with Crippen LogP contribution >= 0.6 is 0 Å². The average molecular weight is 222 g/mol. The summed E-state index contributed by atoms with van der Waals surface area (Å²) < 4.78 is 10.8. The molecule has 1 aromatic carbocycles. The summed E-state index contributed by atoms with van der Waals surface area (Å²) in [5.74, 6) is 0.719. The third kappa shape index (κ3) is 4.03. The SMILES string of the molecule is COC(C)(C)CCOc1cccc(C=O)c1. The highest BCUT2D eigenvalue weighted by Gasteiger charge is 2.15. The lowest BCUT2D eigenvalue weighted by Gasteiger charge is -2.22. The zero-order chi connectivity index (χ0) is 12.0. The van der Waals surface area contributed by atoms with Gasteiger partial charge in [-0.1, -0.05) is 12.1 Å². The maximum atomic E-state index is 10.6. The van der Waals surface area contributed by atoms with Crippen LogP contribution in [0.1, 0.15) is 30.6 Å². The van der Waals surface area contributed by atoms with Gasteiger partial charge in [0.2, 0.25) is 0 Å². The smallest absolute Gasteiger partial charge is 0.150 e. The van der Waals surface area contributed by atoms with Crippen molar-refractivity contribution in [1.82, 2.24) is 0 Å². The molecule has 0 saturated carbocycles. The molecule has 0 saturated heterocycles. The monoisotopic (exact) mass is 222 g/mol. The first-order chi connectivity index (χ1) is 7.57. The molecule has 0 bridgehead atoms. The molecule has 0 aliphatic rings. The zero-order valence-corrected chi connectivity index (χ0v) is 10.0. The molecule has 88 valence electrons. The van der Waals surface area contributed by atoms with Gasteiger partial charge in [-0.3, -0.25) is 4.79 Å². The minimum atomic E-state index is -0.178. The van der Waals surface area contributed by atoms with Crippen molar-refractivity contribution in [1.29, 1.82) is 0 Å². The van der Waals surface area contributed by atoms with Crippen LogP contribution in [-0.2, 0) is 4.74 Å². The van der Waals surface area contributed by atoms with Crippen LogP contribution < -0.4 is 4.74 Å². The highest BCUT2D eigenvalue weighted by atomic mass is 16.5. The molecule has 0 amide bonds. The second-order valence-corrected chi connectivity index (χ2v) is 4.25. The van der Waals surface area contributed by atoms with Gasteiger partial charge in [0.05, 0.1) is 12.2 Å². The van der Waals surface area contributed by atoms with E-state index in [-0.39, 0.29) is 5.60 Å². The maximum absolute atomic E-state index is 10.6. The van der Waals surface area contributed by atoms with Gasteiger partial charge in [0.15, 0.2) is 0 Å². The van der Waals surface area contributed by atoms with E-state index in [1.54, 1.807) is 25.3 Å². The van der Waals surface area contributed by atoms with Crippen molar-refractivity contribution in [2.24, 2.45) is 0 Å². The first-order valence-corrected chi connectivity index (χ1v) is 5.30. The number of carbonyl (C=O) groups excluding carboxylic acids is 1. The molecule has 1 aromatic rings. The minimum Gasteiger partial charge on any atom is -0.493 e. The van der Waals surface area contributed by atoms with Crippen LogP contribution in [0.15, 0.2) is 24.3 Å². The van der Waals surface area contributed by atoms with Crippen molar-refractivity contribution in [2.75, 3.05) is 13.7 Å². The fourth-order valence-corrected chi connectivity index (χ4v) is 1.19. The van der Waals surface area contributed by atoms with Gasteiger partial charge >= 0.3 is 0 Å². The van der Waals surface area contributed by atoms with E-state index in [2.05, 4.69) is 0 Å². The van der Waals surface area contributed by atoms with Gasteiger partial charge in [0.25, 0.3) is 0 Å². The normalized spacial score (nSPS) is 11.2. The van der Waals surface area contributed by atoms with Crippen LogP contribution in [0.4, 0.5) is 0 Å². The maximum Gasteiger partial charge on any atom is 0.150 e. The molecule has 3 heteroatoms. The molecule has 0 fully saturated rings. The fourth-order valence-electron chi connectivity index (χ4n) is 1.19. The lowest BCUT2D eigenvalue weighted by atomic mass is 10.1. The molecule has 0 radical (unpaired) electrons. The third-order valence-corrected chi connectivity index (χ3v) is 2.52. The average Bonchev–Trinajstić information content (AvgIpc) is 2.29. The summed E-state index contributed by atoms with van der Waals surface area (Å²) in [7, 11) is 1.69. The first-order valence-electron chi connectivity index (χ1n) is 5.30. The van der Waals surface area contributed by atoms with E-state index in [0.717, 1.165) is 18.5 Å². The molecule has 1 rings (SSSR count). The van der Waals surface area contributed by atoms with Gasteiger partial charge in [0, 0.05) is 19.1 Å². The number of hydrogen-bond donors (Lipinski definition) is 0. The van der Waals surface area contributed by atoms with Gasteiger partial charge < -0.3 is 9.47 Å². The van der Waals surface area contributed by atoms with Crippen LogP contribution in [0.2, 0.25) is 0 Å². The number of rotatable bonds is 6. The standard InChI is InChI=1S/C13H18O3/c1-13(2,15-3)7-8-16-12-6-4-5-11(9-12)10-14/h4-6,9-10H,7-8H2,1-3H3. The third-order valence-electron chi connectivity index (χ3n) is 2.52. The molecule has 16 heavy (non-hydrogen) atoms.